The zero-order valence-electron chi connectivity index (χ0n) is 8.49. The zero-order chi connectivity index (χ0) is 11.1. The molecule has 1 saturated heterocycles. The van der Waals surface area contributed by atoms with Gasteiger partial charge >= 0.3 is 0 Å². The lowest BCUT2D eigenvalue weighted by molar-refractivity contribution is 0.193. The van der Waals surface area contributed by atoms with Crippen LogP contribution in [0.1, 0.15) is 18.0 Å². The predicted octanol–water partition coefficient (Wildman–Crippen LogP) is 2.58. The Bertz CT molecular complexity index is 534. The van der Waals surface area contributed by atoms with Crippen molar-refractivity contribution in [3.8, 4) is 0 Å². The van der Waals surface area contributed by atoms with Crippen molar-refractivity contribution in [3.63, 3.8) is 0 Å². The van der Waals surface area contributed by atoms with Crippen molar-refractivity contribution in [2.24, 2.45) is 0 Å². The molecule has 1 aliphatic heterocycles. The number of rotatable bonds is 1. The summed E-state index contributed by atoms with van der Waals surface area (Å²) in [7, 11) is 0. The van der Waals surface area contributed by atoms with Crippen molar-refractivity contribution in [2.75, 3.05) is 13.2 Å². The first kappa shape index (κ1) is 10.5. The van der Waals surface area contributed by atoms with E-state index < -0.39 is 0 Å². The van der Waals surface area contributed by atoms with E-state index in [4.69, 9.17) is 4.74 Å². The van der Waals surface area contributed by atoms with Gasteiger partial charge in [0.05, 0.1) is 12.3 Å². The van der Waals surface area contributed by atoms with Crippen LogP contribution in [0.25, 0.3) is 5.65 Å². The number of ether oxygens (including phenoxy) is 1. The number of hydrogen-bond acceptors (Lipinski definition) is 2. The second kappa shape index (κ2) is 3.96. The molecule has 1 atom stereocenters. The van der Waals surface area contributed by atoms with E-state index in [1.807, 2.05) is 4.40 Å². The maximum atomic E-state index is 13.1. The molecule has 0 spiro atoms. The van der Waals surface area contributed by atoms with Gasteiger partial charge in [-0.2, -0.15) is 0 Å². The van der Waals surface area contributed by atoms with Crippen LogP contribution in [0, 0.1) is 9.52 Å². The van der Waals surface area contributed by atoms with Crippen molar-refractivity contribution < 1.29 is 9.13 Å². The normalized spacial score (nSPS) is 20.8. The van der Waals surface area contributed by atoms with Gasteiger partial charge in [-0.15, -0.1) is 0 Å². The summed E-state index contributed by atoms with van der Waals surface area (Å²) in [6.07, 6.45) is 2.72. The Morgan fingerprint density at radius 2 is 2.44 bits per heavy atom. The summed E-state index contributed by atoms with van der Waals surface area (Å²) in [5.41, 5.74) is 1.70. The van der Waals surface area contributed by atoms with E-state index >= 15 is 0 Å². The Kier molecular flexibility index (Phi) is 2.59. The highest BCUT2D eigenvalue weighted by molar-refractivity contribution is 14.1. The molecule has 0 radical (unpaired) electrons. The van der Waals surface area contributed by atoms with Gasteiger partial charge in [0, 0.05) is 24.8 Å². The molecule has 3 nitrogen and oxygen atoms in total. The van der Waals surface area contributed by atoms with E-state index in [1.54, 1.807) is 6.20 Å². The van der Waals surface area contributed by atoms with E-state index in [2.05, 4.69) is 27.6 Å². The molecule has 1 aliphatic rings. The first-order valence-electron chi connectivity index (χ1n) is 5.16. The molecule has 0 amide bonds. The van der Waals surface area contributed by atoms with Gasteiger partial charge in [0.15, 0.2) is 0 Å². The van der Waals surface area contributed by atoms with Crippen molar-refractivity contribution in [1.29, 1.82) is 0 Å². The highest BCUT2D eigenvalue weighted by Gasteiger charge is 2.24. The van der Waals surface area contributed by atoms with Gasteiger partial charge in [-0.3, -0.25) is 4.40 Å². The summed E-state index contributed by atoms with van der Waals surface area (Å²) in [4.78, 5) is 4.49. The fourth-order valence-electron chi connectivity index (χ4n) is 2.02. The molecule has 1 unspecified atom stereocenters. The van der Waals surface area contributed by atoms with Crippen molar-refractivity contribution in [2.45, 2.75) is 12.3 Å². The van der Waals surface area contributed by atoms with Crippen LogP contribution in [-0.4, -0.2) is 22.6 Å². The van der Waals surface area contributed by atoms with E-state index in [-0.39, 0.29) is 5.82 Å². The van der Waals surface area contributed by atoms with Crippen molar-refractivity contribution >= 4 is 28.2 Å². The number of hydrogen-bond donors (Lipinski definition) is 0. The molecule has 2 aromatic heterocycles. The fraction of sp³-hybridized carbons (Fsp3) is 0.364. The Balaban J connectivity index is 2.14. The molecule has 0 bridgehead atoms. The molecule has 16 heavy (non-hydrogen) atoms. The summed E-state index contributed by atoms with van der Waals surface area (Å²) in [5, 5.41) is 0. The molecule has 5 heteroatoms. The molecule has 84 valence electrons. The molecule has 0 aliphatic carbocycles. The van der Waals surface area contributed by atoms with Gasteiger partial charge in [-0.25, -0.2) is 9.37 Å². The molecular formula is C11H10FIN2O. The molecule has 2 aromatic rings. The van der Waals surface area contributed by atoms with Gasteiger partial charge in [0.1, 0.15) is 15.2 Å². The fourth-order valence-corrected chi connectivity index (χ4v) is 2.99. The van der Waals surface area contributed by atoms with Crippen molar-refractivity contribution in [3.05, 3.63) is 33.5 Å². The maximum absolute atomic E-state index is 13.1. The van der Waals surface area contributed by atoms with Crippen LogP contribution >= 0.6 is 22.6 Å². The highest BCUT2D eigenvalue weighted by atomic mass is 127. The smallest absolute Gasteiger partial charge is 0.140 e. The molecule has 3 rings (SSSR count). The van der Waals surface area contributed by atoms with E-state index in [0.29, 0.717) is 11.6 Å². The second-order valence-corrected chi connectivity index (χ2v) is 4.94. The minimum atomic E-state index is -0.247. The number of imidazole rings is 1. The van der Waals surface area contributed by atoms with Crippen LogP contribution < -0.4 is 0 Å². The molecule has 1 fully saturated rings. The Labute approximate surface area is 106 Å². The SMILES string of the molecule is Fc1ccn2c(I)c(C3CCOC3)nc2c1. The summed E-state index contributed by atoms with van der Waals surface area (Å²) >= 11 is 2.26. The first-order valence-corrected chi connectivity index (χ1v) is 6.24. The van der Waals surface area contributed by atoms with Crippen LogP contribution in [-0.2, 0) is 4.74 Å². The third-order valence-electron chi connectivity index (χ3n) is 2.87. The minimum Gasteiger partial charge on any atom is -0.381 e. The standard InChI is InChI=1S/C11H10FIN2O/c12-8-1-3-15-9(5-8)14-10(11(15)13)7-2-4-16-6-7/h1,3,5,7H,2,4,6H2. The number of fused-ring (bicyclic) bond motifs is 1. The van der Waals surface area contributed by atoms with Gasteiger partial charge in [-0.05, 0) is 35.1 Å². The third kappa shape index (κ3) is 1.62. The quantitative estimate of drug-likeness (QED) is 0.751. The van der Waals surface area contributed by atoms with Crippen molar-refractivity contribution in [1.82, 2.24) is 9.38 Å². The lowest BCUT2D eigenvalue weighted by Crippen LogP contribution is -2.00. The number of halogens is 2. The van der Waals surface area contributed by atoms with Gasteiger partial charge in [-0.1, -0.05) is 0 Å². The van der Waals surface area contributed by atoms with Crippen LogP contribution in [0.5, 0.6) is 0 Å². The minimum absolute atomic E-state index is 0.247. The second-order valence-electron chi connectivity index (χ2n) is 3.92. The van der Waals surface area contributed by atoms with Gasteiger partial charge < -0.3 is 4.74 Å². The average Bonchev–Trinajstić information content (AvgIpc) is 2.86. The Morgan fingerprint density at radius 1 is 1.56 bits per heavy atom. The molecule has 0 saturated carbocycles. The zero-order valence-corrected chi connectivity index (χ0v) is 10.6. The predicted molar refractivity (Wildman–Crippen MR) is 66.0 cm³/mol. The van der Waals surface area contributed by atoms with Gasteiger partial charge in [0.2, 0.25) is 0 Å². The van der Waals surface area contributed by atoms with E-state index in [9.17, 15) is 4.39 Å². The summed E-state index contributed by atoms with van der Waals surface area (Å²) in [6.45, 7) is 1.52. The number of aromatic nitrogens is 2. The van der Waals surface area contributed by atoms with Gasteiger partial charge in [0.25, 0.3) is 0 Å². The maximum Gasteiger partial charge on any atom is 0.140 e. The summed E-state index contributed by atoms with van der Waals surface area (Å²) in [6, 6.07) is 2.91. The lowest BCUT2D eigenvalue weighted by Gasteiger charge is -2.03. The number of nitrogens with zero attached hydrogens (tertiary/aromatic N) is 2. The Morgan fingerprint density at radius 3 is 3.19 bits per heavy atom. The van der Waals surface area contributed by atoms with Crippen LogP contribution in [0.3, 0.4) is 0 Å². The average molecular weight is 332 g/mol. The highest BCUT2D eigenvalue weighted by Crippen LogP contribution is 2.29. The molecule has 0 aromatic carbocycles. The molecule has 3 heterocycles. The summed E-state index contributed by atoms with van der Waals surface area (Å²) < 4.78 is 21.4. The topological polar surface area (TPSA) is 26.5 Å². The van der Waals surface area contributed by atoms with Crippen LogP contribution in [0.2, 0.25) is 0 Å². The molecular weight excluding hydrogens is 322 g/mol. The van der Waals surface area contributed by atoms with Crippen LogP contribution in [0.15, 0.2) is 18.3 Å². The summed E-state index contributed by atoms with van der Waals surface area (Å²) in [5.74, 6) is 0.109. The molecule has 0 N–H and O–H groups in total. The van der Waals surface area contributed by atoms with Crippen LogP contribution in [0.4, 0.5) is 4.39 Å². The van der Waals surface area contributed by atoms with E-state index in [1.165, 1.54) is 12.1 Å². The largest absolute Gasteiger partial charge is 0.381 e. The first-order chi connectivity index (χ1) is 7.75. The monoisotopic (exact) mass is 332 g/mol. The van der Waals surface area contributed by atoms with E-state index in [0.717, 1.165) is 29.0 Å². The lowest BCUT2D eigenvalue weighted by atomic mass is 10.1. The third-order valence-corrected chi connectivity index (χ3v) is 3.94. The number of pyridine rings is 1. The Hall–Kier alpha value is -0.690.